The van der Waals surface area contributed by atoms with Crippen LogP contribution in [0.4, 0.5) is 0 Å². The Balaban J connectivity index is 1.60. The summed E-state index contributed by atoms with van der Waals surface area (Å²) in [7, 11) is 1.93. The molecule has 1 aliphatic rings. The Morgan fingerprint density at radius 1 is 1.10 bits per heavy atom. The lowest BCUT2D eigenvalue weighted by atomic mass is 10.1. The fourth-order valence-corrected chi connectivity index (χ4v) is 2.34. The number of ether oxygens (including phenoxy) is 3. The van der Waals surface area contributed by atoms with Gasteiger partial charge < -0.3 is 19.5 Å². The number of nitrogens with one attached hydrogen (secondary N) is 1. The predicted octanol–water partition coefficient (Wildman–Crippen LogP) is 2.89. The van der Waals surface area contributed by atoms with Crippen LogP contribution >= 0.6 is 0 Å². The molecule has 1 unspecified atom stereocenters. The highest BCUT2D eigenvalue weighted by atomic mass is 16.7. The van der Waals surface area contributed by atoms with Gasteiger partial charge in [0.05, 0.1) is 19.3 Å². The van der Waals surface area contributed by atoms with Gasteiger partial charge in [0, 0.05) is 0 Å². The maximum absolute atomic E-state index is 5.81. The van der Waals surface area contributed by atoms with Gasteiger partial charge in [-0.3, -0.25) is 0 Å². The molecular weight excluding hydrogens is 266 g/mol. The van der Waals surface area contributed by atoms with E-state index >= 15 is 0 Å². The quantitative estimate of drug-likeness (QED) is 0.886. The standard InChI is InChI=1S/C17H19NO3/c1-18-15(11-19-10-13-5-3-2-4-6-13)14-7-8-16-17(9-14)21-12-20-16/h2-9,15,18H,10-12H2,1H3. The van der Waals surface area contributed by atoms with Crippen LogP contribution in [0.15, 0.2) is 48.5 Å². The van der Waals surface area contributed by atoms with Gasteiger partial charge in [-0.15, -0.1) is 0 Å². The molecule has 1 N–H and O–H groups in total. The fraction of sp³-hybridized carbons (Fsp3) is 0.294. The Hall–Kier alpha value is -2.04. The van der Waals surface area contributed by atoms with Gasteiger partial charge in [0.15, 0.2) is 11.5 Å². The summed E-state index contributed by atoms with van der Waals surface area (Å²) in [6, 6.07) is 16.3. The summed E-state index contributed by atoms with van der Waals surface area (Å²) in [5.74, 6) is 1.61. The lowest BCUT2D eigenvalue weighted by molar-refractivity contribution is 0.101. The van der Waals surface area contributed by atoms with Gasteiger partial charge in [0.1, 0.15) is 0 Å². The molecule has 1 atom stereocenters. The van der Waals surface area contributed by atoms with Crippen molar-refractivity contribution in [3.8, 4) is 11.5 Å². The molecule has 0 aliphatic carbocycles. The normalized spacial score (nSPS) is 14.1. The van der Waals surface area contributed by atoms with E-state index in [-0.39, 0.29) is 6.04 Å². The molecule has 2 aromatic carbocycles. The third-order valence-electron chi connectivity index (χ3n) is 3.54. The highest BCUT2D eigenvalue weighted by Gasteiger charge is 2.17. The van der Waals surface area contributed by atoms with E-state index in [1.54, 1.807) is 0 Å². The maximum Gasteiger partial charge on any atom is 0.231 e. The van der Waals surface area contributed by atoms with E-state index in [9.17, 15) is 0 Å². The zero-order chi connectivity index (χ0) is 14.5. The monoisotopic (exact) mass is 285 g/mol. The van der Waals surface area contributed by atoms with E-state index in [2.05, 4.69) is 17.4 Å². The second kappa shape index (κ2) is 6.61. The van der Waals surface area contributed by atoms with E-state index in [0.717, 1.165) is 17.1 Å². The van der Waals surface area contributed by atoms with E-state index in [4.69, 9.17) is 14.2 Å². The number of rotatable bonds is 6. The van der Waals surface area contributed by atoms with Gasteiger partial charge in [-0.05, 0) is 30.3 Å². The summed E-state index contributed by atoms with van der Waals surface area (Å²) in [5.41, 5.74) is 2.31. The van der Waals surface area contributed by atoms with Crippen molar-refractivity contribution in [1.82, 2.24) is 5.32 Å². The van der Waals surface area contributed by atoms with E-state index in [1.165, 1.54) is 5.56 Å². The summed E-state index contributed by atoms with van der Waals surface area (Å²) in [5, 5.41) is 3.27. The molecular formula is C17H19NO3. The molecule has 110 valence electrons. The largest absolute Gasteiger partial charge is 0.454 e. The molecule has 2 aromatic rings. The number of hydrogen-bond acceptors (Lipinski definition) is 4. The first-order chi connectivity index (χ1) is 10.4. The first-order valence-electron chi connectivity index (χ1n) is 7.05. The first kappa shape index (κ1) is 13.9. The number of hydrogen-bond donors (Lipinski definition) is 1. The average Bonchev–Trinajstić information content (AvgIpc) is 3.00. The third kappa shape index (κ3) is 3.35. The molecule has 0 saturated carbocycles. The molecule has 0 fully saturated rings. The molecule has 1 heterocycles. The van der Waals surface area contributed by atoms with Crippen LogP contribution in [0.1, 0.15) is 17.2 Å². The molecule has 0 aromatic heterocycles. The van der Waals surface area contributed by atoms with Crippen LogP contribution in [0.3, 0.4) is 0 Å². The summed E-state index contributed by atoms with van der Waals surface area (Å²) < 4.78 is 16.6. The van der Waals surface area contributed by atoms with Crippen LogP contribution in [-0.2, 0) is 11.3 Å². The minimum atomic E-state index is 0.128. The lowest BCUT2D eigenvalue weighted by Crippen LogP contribution is -2.21. The van der Waals surface area contributed by atoms with Crippen LogP contribution in [0.25, 0.3) is 0 Å². The minimum Gasteiger partial charge on any atom is -0.454 e. The topological polar surface area (TPSA) is 39.7 Å². The van der Waals surface area contributed by atoms with Gasteiger partial charge in [0.25, 0.3) is 0 Å². The van der Waals surface area contributed by atoms with Crippen LogP contribution in [-0.4, -0.2) is 20.4 Å². The summed E-state index contributed by atoms with van der Waals surface area (Å²) in [4.78, 5) is 0. The Bertz CT molecular complexity index is 586. The van der Waals surface area contributed by atoms with Crippen molar-refractivity contribution in [1.29, 1.82) is 0 Å². The van der Waals surface area contributed by atoms with Crippen LogP contribution in [0, 0.1) is 0 Å². The molecule has 0 bridgehead atoms. The zero-order valence-corrected chi connectivity index (χ0v) is 12.0. The van der Waals surface area contributed by atoms with Gasteiger partial charge in [0.2, 0.25) is 6.79 Å². The highest BCUT2D eigenvalue weighted by Crippen LogP contribution is 2.34. The summed E-state index contributed by atoms with van der Waals surface area (Å²) in [6.45, 7) is 1.52. The predicted molar refractivity (Wildman–Crippen MR) is 80.5 cm³/mol. The molecule has 3 rings (SSSR count). The molecule has 4 heteroatoms. The summed E-state index contributed by atoms with van der Waals surface area (Å²) >= 11 is 0. The van der Waals surface area contributed by atoms with Crippen molar-refractivity contribution in [2.24, 2.45) is 0 Å². The van der Waals surface area contributed by atoms with Crippen LogP contribution < -0.4 is 14.8 Å². The molecule has 1 aliphatic heterocycles. The van der Waals surface area contributed by atoms with Gasteiger partial charge in [-0.25, -0.2) is 0 Å². The van der Waals surface area contributed by atoms with E-state index < -0.39 is 0 Å². The van der Waals surface area contributed by atoms with Crippen molar-refractivity contribution in [2.45, 2.75) is 12.6 Å². The average molecular weight is 285 g/mol. The van der Waals surface area contributed by atoms with Crippen molar-refractivity contribution in [3.63, 3.8) is 0 Å². The second-order valence-electron chi connectivity index (χ2n) is 4.95. The molecule has 0 amide bonds. The van der Waals surface area contributed by atoms with Gasteiger partial charge in [-0.1, -0.05) is 36.4 Å². The number of benzene rings is 2. The Morgan fingerprint density at radius 3 is 2.71 bits per heavy atom. The third-order valence-corrected chi connectivity index (χ3v) is 3.54. The van der Waals surface area contributed by atoms with Crippen molar-refractivity contribution < 1.29 is 14.2 Å². The van der Waals surface area contributed by atoms with Crippen LogP contribution in [0.5, 0.6) is 11.5 Å². The van der Waals surface area contributed by atoms with Gasteiger partial charge >= 0.3 is 0 Å². The van der Waals surface area contributed by atoms with Crippen molar-refractivity contribution in [2.75, 3.05) is 20.4 Å². The van der Waals surface area contributed by atoms with Crippen LogP contribution in [0.2, 0.25) is 0 Å². The first-order valence-corrected chi connectivity index (χ1v) is 7.05. The number of fused-ring (bicyclic) bond motifs is 1. The molecule has 21 heavy (non-hydrogen) atoms. The molecule has 0 spiro atoms. The Kier molecular flexibility index (Phi) is 4.38. The molecule has 4 nitrogen and oxygen atoms in total. The fourth-order valence-electron chi connectivity index (χ4n) is 2.34. The van der Waals surface area contributed by atoms with Crippen molar-refractivity contribution in [3.05, 3.63) is 59.7 Å². The Labute approximate surface area is 124 Å². The van der Waals surface area contributed by atoms with Gasteiger partial charge in [-0.2, -0.15) is 0 Å². The van der Waals surface area contributed by atoms with E-state index in [1.807, 2.05) is 43.4 Å². The smallest absolute Gasteiger partial charge is 0.231 e. The SMILES string of the molecule is CNC(COCc1ccccc1)c1ccc2c(c1)OCO2. The zero-order valence-electron chi connectivity index (χ0n) is 12.0. The summed E-state index contributed by atoms with van der Waals surface area (Å²) in [6.07, 6.45) is 0. The maximum atomic E-state index is 5.81. The van der Waals surface area contributed by atoms with E-state index in [0.29, 0.717) is 20.0 Å². The molecule has 0 radical (unpaired) electrons. The lowest BCUT2D eigenvalue weighted by Gasteiger charge is -2.17. The highest BCUT2D eigenvalue weighted by molar-refractivity contribution is 5.45. The van der Waals surface area contributed by atoms with Crippen molar-refractivity contribution >= 4 is 0 Å². The molecule has 0 saturated heterocycles. The minimum absolute atomic E-state index is 0.128. The second-order valence-corrected chi connectivity index (χ2v) is 4.95. The number of likely N-dealkylation sites (N-methyl/N-ethyl adjacent to an activating group) is 1. The Morgan fingerprint density at radius 2 is 1.90 bits per heavy atom.